The van der Waals surface area contributed by atoms with Crippen LogP contribution >= 0.6 is 11.3 Å². The Kier molecular flexibility index (Phi) is 3.65. The quantitative estimate of drug-likeness (QED) is 0.502. The third-order valence-corrected chi connectivity index (χ3v) is 4.26. The maximum atomic E-state index is 12.2. The van der Waals surface area contributed by atoms with E-state index < -0.39 is 0 Å². The van der Waals surface area contributed by atoms with E-state index in [1.54, 1.807) is 12.3 Å². The molecule has 1 aliphatic carbocycles. The number of rotatable bonds is 3. The van der Waals surface area contributed by atoms with Crippen molar-refractivity contribution in [3.8, 4) is 0 Å². The zero-order valence-electron chi connectivity index (χ0n) is 10.6. The van der Waals surface area contributed by atoms with E-state index in [0.717, 1.165) is 25.7 Å². The monoisotopic (exact) mass is 267 g/mol. The summed E-state index contributed by atoms with van der Waals surface area (Å²) in [4.78, 5) is 16.4. The first-order valence-electron chi connectivity index (χ1n) is 6.01. The minimum absolute atomic E-state index is 0.0412. The van der Waals surface area contributed by atoms with Gasteiger partial charge in [-0.1, -0.05) is 24.9 Å². The van der Waals surface area contributed by atoms with Crippen molar-refractivity contribution < 1.29 is 10.0 Å². The van der Waals surface area contributed by atoms with Crippen molar-refractivity contribution >= 4 is 28.1 Å². The fraction of sp³-hybridized carbons (Fsp3) is 0.583. The van der Waals surface area contributed by atoms with Crippen LogP contribution in [0.25, 0.3) is 0 Å². The summed E-state index contributed by atoms with van der Waals surface area (Å²) in [5, 5.41) is 16.9. The highest BCUT2D eigenvalue weighted by Crippen LogP contribution is 2.38. The second-order valence-electron chi connectivity index (χ2n) is 4.95. The maximum absolute atomic E-state index is 12.2. The molecule has 0 bridgehead atoms. The molecular formula is C12H17N3O2S. The van der Waals surface area contributed by atoms with Crippen molar-refractivity contribution in [1.82, 2.24) is 4.98 Å². The van der Waals surface area contributed by atoms with Crippen LogP contribution in [0.5, 0.6) is 0 Å². The second kappa shape index (κ2) is 5.06. The van der Waals surface area contributed by atoms with Gasteiger partial charge in [0.25, 0.3) is 0 Å². The van der Waals surface area contributed by atoms with Crippen LogP contribution in [-0.2, 0) is 4.79 Å². The first-order chi connectivity index (χ1) is 8.55. The van der Waals surface area contributed by atoms with Gasteiger partial charge in [-0.2, -0.15) is 0 Å². The second-order valence-corrected chi connectivity index (χ2v) is 5.80. The van der Waals surface area contributed by atoms with Gasteiger partial charge in [0.1, 0.15) is 11.4 Å². The van der Waals surface area contributed by atoms with Crippen LogP contribution in [0.2, 0.25) is 0 Å². The molecule has 1 aliphatic rings. The number of amides is 1. The molecule has 1 saturated carbocycles. The highest BCUT2D eigenvalue weighted by molar-refractivity contribution is 7.14. The van der Waals surface area contributed by atoms with Gasteiger partial charge in [0.05, 0.1) is 0 Å². The van der Waals surface area contributed by atoms with Crippen LogP contribution in [0, 0.1) is 5.41 Å². The average molecular weight is 267 g/mol. The van der Waals surface area contributed by atoms with E-state index >= 15 is 0 Å². The van der Waals surface area contributed by atoms with Crippen molar-refractivity contribution in [2.45, 2.75) is 39.5 Å². The molecule has 1 aromatic rings. The summed E-state index contributed by atoms with van der Waals surface area (Å²) < 4.78 is 0. The third-order valence-electron chi connectivity index (χ3n) is 3.50. The summed E-state index contributed by atoms with van der Waals surface area (Å²) in [5.41, 5.74) is 0.777. The zero-order valence-corrected chi connectivity index (χ0v) is 11.4. The van der Waals surface area contributed by atoms with E-state index in [1.165, 1.54) is 11.3 Å². The van der Waals surface area contributed by atoms with Gasteiger partial charge in [0, 0.05) is 10.8 Å². The minimum atomic E-state index is -0.258. The number of oxime groups is 1. The highest BCUT2D eigenvalue weighted by atomic mass is 32.1. The first kappa shape index (κ1) is 13.0. The molecule has 0 aliphatic heterocycles. The van der Waals surface area contributed by atoms with E-state index in [-0.39, 0.29) is 11.3 Å². The average Bonchev–Trinajstić information content (AvgIpc) is 2.98. The first-order valence-corrected chi connectivity index (χ1v) is 6.89. The largest absolute Gasteiger partial charge is 0.411 e. The number of carbonyl (C=O) groups is 1. The van der Waals surface area contributed by atoms with Gasteiger partial charge in [-0.3, -0.25) is 4.79 Å². The fourth-order valence-electron chi connectivity index (χ4n) is 2.18. The SMILES string of the molecule is CC(=NO)c1csc(NC(=O)C2(C)CCCC2)n1. The molecule has 0 saturated heterocycles. The van der Waals surface area contributed by atoms with Crippen molar-refractivity contribution in [2.75, 3.05) is 5.32 Å². The topological polar surface area (TPSA) is 74.6 Å². The normalized spacial score (nSPS) is 18.9. The lowest BCUT2D eigenvalue weighted by Gasteiger charge is -2.21. The molecule has 6 heteroatoms. The predicted octanol–water partition coefficient (Wildman–Crippen LogP) is 2.86. The van der Waals surface area contributed by atoms with Crippen LogP contribution < -0.4 is 5.32 Å². The Bertz CT molecular complexity index is 475. The number of carbonyl (C=O) groups excluding carboxylic acids is 1. The van der Waals surface area contributed by atoms with Crippen molar-refractivity contribution in [3.63, 3.8) is 0 Å². The number of thiazole rings is 1. The number of anilines is 1. The van der Waals surface area contributed by atoms with Crippen LogP contribution in [0.4, 0.5) is 5.13 Å². The standard InChI is InChI=1S/C12H17N3O2S/c1-8(15-17)9-7-18-11(13-9)14-10(16)12(2)5-3-4-6-12/h7,17H,3-6H2,1-2H3,(H,13,14,16). The van der Waals surface area contributed by atoms with Crippen molar-refractivity contribution in [3.05, 3.63) is 11.1 Å². The van der Waals surface area contributed by atoms with E-state index in [1.807, 2.05) is 6.92 Å². The Morgan fingerprint density at radius 2 is 2.22 bits per heavy atom. The summed E-state index contributed by atoms with van der Waals surface area (Å²) >= 11 is 1.34. The number of aromatic nitrogens is 1. The molecule has 5 nitrogen and oxygen atoms in total. The Labute approximate surface area is 110 Å². The summed E-state index contributed by atoms with van der Waals surface area (Å²) in [6, 6.07) is 0. The molecule has 18 heavy (non-hydrogen) atoms. The number of nitrogens with one attached hydrogen (secondary N) is 1. The molecule has 0 aromatic carbocycles. The Morgan fingerprint density at radius 3 is 2.83 bits per heavy atom. The predicted molar refractivity (Wildman–Crippen MR) is 71.3 cm³/mol. The molecule has 2 rings (SSSR count). The lowest BCUT2D eigenvalue weighted by Crippen LogP contribution is -2.30. The third kappa shape index (κ3) is 2.53. The number of nitrogens with zero attached hydrogens (tertiary/aromatic N) is 2. The molecule has 1 heterocycles. The van der Waals surface area contributed by atoms with E-state index in [0.29, 0.717) is 16.5 Å². The van der Waals surface area contributed by atoms with E-state index in [2.05, 4.69) is 15.5 Å². The lowest BCUT2D eigenvalue weighted by molar-refractivity contribution is -0.124. The fourth-order valence-corrected chi connectivity index (χ4v) is 2.93. The molecule has 0 atom stereocenters. The van der Waals surface area contributed by atoms with Crippen LogP contribution in [0.15, 0.2) is 10.5 Å². The summed E-state index contributed by atoms with van der Waals surface area (Å²) in [5.74, 6) is 0.0412. The summed E-state index contributed by atoms with van der Waals surface area (Å²) in [6.07, 6.45) is 4.11. The number of hydrogen-bond donors (Lipinski definition) is 2. The molecular weight excluding hydrogens is 250 g/mol. The Hall–Kier alpha value is -1.43. The van der Waals surface area contributed by atoms with Gasteiger partial charge in [-0.15, -0.1) is 11.3 Å². The Morgan fingerprint density at radius 1 is 1.56 bits per heavy atom. The molecule has 98 valence electrons. The molecule has 1 fully saturated rings. The van der Waals surface area contributed by atoms with Gasteiger partial charge >= 0.3 is 0 Å². The minimum Gasteiger partial charge on any atom is -0.411 e. The number of hydrogen-bond acceptors (Lipinski definition) is 5. The van der Waals surface area contributed by atoms with Crippen LogP contribution in [0.1, 0.15) is 45.2 Å². The summed E-state index contributed by atoms with van der Waals surface area (Å²) in [7, 11) is 0. The molecule has 0 unspecified atom stereocenters. The highest BCUT2D eigenvalue weighted by Gasteiger charge is 2.36. The van der Waals surface area contributed by atoms with E-state index in [4.69, 9.17) is 5.21 Å². The van der Waals surface area contributed by atoms with E-state index in [9.17, 15) is 4.79 Å². The van der Waals surface area contributed by atoms with Crippen molar-refractivity contribution in [1.29, 1.82) is 0 Å². The zero-order chi connectivity index (χ0) is 13.2. The molecule has 2 N–H and O–H groups in total. The van der Waals surface area contributed by atoms with Gasteiger partial charge < -0.3 is 10.5 Å². The smallest absolute Gasteiger partial charge is 0.232 e. The summed E-state index contributed by atoms with van der Waals surface area (Å²) in [6.45, 7) is 3.67. The molecule has 0 spiro atoms. The lowest BCUT2D eigenvalue weighted by atomic mass is 9.88. The molecule has 1 aromatic heterocycles. The molecule has 0 radical (unpaired) electrons. The van der Waals surface area contributed by atoms with Crippen molar-refractivity contribution in [2.24, 2.45) is 10.6 Å². The van der Waals surface area contributed by atoms with Gasteiger partial charge in [0.2, 0.25) is 5.91 Å². The van der Waals surface area contributed by atoms with Gasteiger partial charge in [-0.25, -0.2) is 4.98 Å². The van der Waals surface area contributed by atoms with Crippen LogP contribution in [0.3, 0.4) is 0 Å². The van der Waals surface area contributed by atoms with Gasteiger partial charge in [0.15, 0.2) is 5.13 Å². The maximum Gasteiger partial charge on any atom is 0.232 e. The van der Waals surface area contributed by atoms with Crippen LogP contribution in [-0.4, -0.2) is 21.8 Å². The molecule has 1 amide bonds. The van der Waals surface area contributed by atoms with Gasteiger partial charge in [-0.05, 0) is 19.8 Å². The Balaban J connectivity index is 2.05.